The molecule has 136 valence electrons. The van der Waals surface area contributed by atoms with Crippen LogP contribution in [-0.4, -0.2) is 58.5 Å². The Bertz CT molecular complexity index is 508. The molecule has 0 radical (unpaired) electrons. The zero-order chi connectivity index (χ0) is 18.4. The Hall–Kier alpha value is -1.41. The minimum absolute atomic E-state index is 0.0438. The molecule has 0 aliphatic carbocycles. The molecular weight excluding hydrogens is 330 g/mol. The molecule has 1 unspecified atom stereocenters. The number of carbonyl (C=O) groups is 4. The number of nitrogens with zero attached hydrogens (tertiary/aromatic N) is 1. The highest BCUT2D eigenvalue weighted by Gasteiger charge is 2.39. The molecule has 1 aliphatic heterocycles. The Kier molecular flexibility index (Phi) is 7.89. The topological polar surface area (TPSA) is 110 Å². The van der Waals surface area contributed by atoms with Crippen LogP contribution in [0.5, 0.6) is 0 Å². The number of imide groups is 1. The first-order chi connectivity index (χ1) is 11.1. The van der Waals surface area contributed by atoms with Gasteiger partial charge in [-0.3, -0.25) is 24.1 Å². The Morgan fingerprint density at radius 2 is 1.92 bits per heavy atom. The maximum absolute atomic E-state index is 12.2. The van der Waals surface area contributed by atoms with Gasteiger partial charge < -0.3 is 11.1 Å². The van der Waals surface area contributed by atoms with Gasteiger partial charge in [0.1, 0.15) is 0 Å². The summed E-state index contributed by atoms with van der Waals surface area (Å²) in [6.45, 7) is 7.78. The minimum Gasteiger partial charge on any atom is -0.348 e. The van der Waals surface area contributed by atoms with Crippen LogP contribution in [-0.2, 0) is 19.2 Å². The van der Waals surface area contributed by atoms with Crippen LogP contribution in [0.2, 0.25) is 0 Å². The molecule has 1 rings (SSSR count). The molecule has 0 aromatic heterocycles. The van der Waals surface area contributed by atoms with Crippen molar-refractivity contribution < 1.29 is 19.2 Å². The van der Waals surface area contributed by atoms with E-state index in [4.69, 9.17) is 5.73 Å². The number of rotatable bonds is 9. The van der Waals surface area contributed by atoms with Crippen LogP contribution in [0.15, 0.2) is 0 Å². The Balaban J connectivity index is 2.43. The fraction of sp³-hybridized carbons (Fsp3) is 0.750. The minimum atomic E-state index is -0.822. The summed E-state index contributed by atoms with van der Waals surface area (Å²) in [6.07, 6.45) is 0.149. The zero-order valence-electron chi connectivity index (χ0n) is 14.7. The summed E-state index contributed by atoms with van der Waals surface area (Å²) in [7, 11) is 0. The van der Waals surface area contributed by atoms with Crippen molar-refractivity contribution in [2.45, 2.75) is 45.4 Å². The molecule has 0 aromatic carbocycles. The number of ketones is 1. The van der Waals surface area contributed by atoms with Crippen molar-refractivity contribution >= 4 is 35.3 Å². The average molecular weight is 357 g/mol. The molecule has 1 saturated heterocycles. The third kappa shape index (κ3) is 5.90. The van der Waals surface area contributed by atoms with Gasteiger partial charge in [-0.15, -0.1) is 11.8 Å². The molecule has 0 spiro atoms. The first-order valence-electron chi connectivity index (χ1n) is 8.15. The summed E-state index contributed by atoms with van der Waals surface area (Å²) < 4.78 is 0. The van der Waals surface area contributed by atoms with Crippen molar-refractivity contribution in [3.05, 3.63) is 0 Å². The second kappa shape index (κ2) is 9.17. The van der Waals surface area contributed by atoms with Crippen LogP contribution in [0.4, 0.5) is 0 Å². The normalized spacial score (nSPS) is 19.3. The molecular formula is C16H27N3O4S. The monoisotopic (exact) mass is 357 g/mol. The van der Waals surface area contributed by atoms with Gasteiger partial charge >= 0.3 is 0 Å². The number of thioether (sulfide) groups is 1. The lowest BCUT2D eigenvalue weighted by atomic mass is 10.1. The number of nitrogens with two attached hydrogens (primary N) is 1. The van der Waals surface area contributed by atoms with Gasteiger partial charge in [0.15, 0.2) is 5.78 Å². The highest BCUT2D eigenvalue weighted by atomic mass is 32.2. The van der Waals surface area contributed by atoms with Crippen molar-refractivity contribution in [2.75, 3.05) is 18.8 Å². The van der Waals surface area contributed by atoms with Crippen LogP contribution in [0.3, 0.4) is 0 Å². The lowest BCUT2D eigenvalue weighted by Crippen LogP contribution is -2.45. The standard InChI is InChI=1S/C16H27N3O4S/c1-9(2)7-19-14(21)5-13(16(19)23)24-8-11(17)15(22)18-6-12(20)10(3)4/h9-11,13H,5-8,17H2,1-4H3,(H,18,22)/t11-,13?/m0/s1. The number of likely N-dealkylation sites (tertiary alicyclic amines) is 1. The number of Topliss-reactive ketones (excluding diaryl/α,β-unsaturated/α-hetero) is 1. The van der Waals surface area contributed by atoms with Crippen LogP contribution < -0.4 is 11.1 Å². The fourth-order valence-electron chi connectivity index (χ4n) is 2.14. The van der Waals surface area contributed by atoms with Crippen LogP contribution in [0.25, 0.3) is 0 Å². The third-order valence-corrected chi connectivity index (χ3v) is 4.97. The number of hydrogen-bond donors (Lipinski definition) is 2. The summed E-state index contributed by atoms with van der Waals surface area (Å²) in [5.41, 5.74) is 5.80. The number of hydrogen-bond acceptors (Lipinski definition) is 6. The summed E-state index contributed by atoms with van der Waals surface area (Å²) in [5, 5.41) is 2.03. The van der Waals surface area contributed by atoms with Gasteiger partial charge in [-0.1, -0.05) is 27.7 Å². The van der Waals surface area contributed by atoms with Gasteiger partial charge in [0.05, 0.1) is 17.8 Å². The van der Waals surface area contributed by atoms with E-state index in [-0.39, 0.29) is 48.2 Å². The van der Waals surface area contributed by atoms with E-state index in [9.17, 15) is 19.2 Å². The second-order valence-electron chi connectivity index (χ2n) is 6.71. The van der Waals surface area contributed by atoms with E-state index in [0.717, 1.165) is 0 Å². The van der Waals surface area contributed by atoms with E-state index in [1.54, 1.807) is 13.8 Å². The van der Waals surface area contributed by atoms with E-state index < -0.39 is 17.2 Å². The van der Waals surface area contributed by atoms with Crippen molar-refractivity contribution in [2.24, 2.45) is 17.6 Å². The second-order valence-corrected chi connectivity index (χ2v) is 7.94. The Morgan fingerprint density at radius 1 is 1.29 bits per heavy atom. The maximum atomic E-state index is 12.2. The molecule has 1 heterocycles. The van der Waals surface area contributed by atoms with Gasteiger partial charge in [-0.05, 0) is 5.92 Å². The predicted molar refractivity (Wildman–Crippen MR) is 93.3 cm³/mol. The molecule has 1 aliphatic rings. The summed E-state index contributed by atoms with van der Waals surface area (Å²) in [6, 6.07) is -0.822. The van der Waals surface area contributed by atoms with E-state index >= 15 is 0 Å². The smallest absolute Gasteiger partial charge is 0.242 e. The average Bonchev–Trinajstić information content (AvgIpc) is 2.76. The van der Waals surface area contributed by atoms with Gasteiger partial charge in [0.25, 0.3) is 0 Å². The number of nitrogens with one attached hydrogen (secondary N) is 1. The molecule has 1 fully saturated rings. The lowest BCUT2D eigenvalue weighted by Gasteiger charge is -2.17. The summed E-state index contributed by atoms with van der Waals surface area (Å²) in [4.78, 5) is 48.8. The molecule has 24 heavy (non-hydrogen) atoms. The van der Waals surface area contributed by atoms with E-state index in [2.05, 4.69) is 5.32 Å². The Labute approximate surface area is 147 Å². The van der Waals surface area contributed by atoms with Gasteiger partial charge in [0, 0.05) is 24.6 Å². The largest absolute Gasteiger partial charge is 0.348 e. The molecule has 8 heteroatoms. The predicted octanol–water partition coefficient (Wildman–Crippen LogP) is 0.172. The molecule has 3 amide bonds. The van der Waals surface area contributed by atoms with Gasteiger partial charge in [0.2, 0.25) is 17.7 Å². The quantitative estimate of drug-likeness (QED) is 0.569. The zero-order valence-corrected chi connectivity index (χ0v) is 15.5. The SMILES string of the molecule is CC(C)CN1C(=O)CC(SC[C@H](N)C(=O)NCC(=O)C(C)C)C1=O. The highest BCUT2D eigenvalue weighted by molar-refractivity contribution is 8.00. The molecule has 0 bridgehead atoms. The van der Waals surface area contributed by atoms with Gasteiger partial charge in [-0.2, -0.15) is 0 Å². The molecule has 0 aromatic rings. The van der Waals surface area contributed by atoms with Crippen LogP contribution in [0, 0.1) is 11.8 Å². The van der Waals surface area contributed by atoms with Crippen molar-refractivity contribution in [3.63, 3.8) is 0 Å². The van der Waals surface area contributed by atoms with Crippen molar-refractivity contribution in [1.29, 1.82) is 0 Å². The third-order valence-electron chi connectivity index (χ3n) is 3.64. The first kappa shape index (κ1) is 20.6. The highest BCUT2D eigenvalue weighted by Crippen LogP contribution is 2.26. The van der Waals surface area contributed by atoms with Crippen molar-refractivity contribution in [1.82, 2.24) is 10.2 Å². The maximum Gasteiger partial charge on any atom is 0.242 e. The molecule has 2 atom stereocenters. The van der Waals surface area contributed by atoms with Crippen LogP contribution >= 0.6 is 11.8 Å². The Morgan fingerprint density at radius 3 is 2.46 bits per heavy atom. The van der Waals surface area contributed by atoms with E-state index in [1.165, 1.54) is 16.7 Å². The summed E-state index contributed by atoms with van der Waals surface area (Å²) in [5.74, 6) is -0.580. The summed E-state index contributed by atoms with van der Waals surface area (Å²) >= 11 is 1.22. The fourth-order valence-corrected chi connectivity index (χ4v) is 3.27. The van der Waals surface area contributed by atoms with Crippen LogP contribution in [0.1, 0.15) is 34.1 Å². The molecule has 7 nitrogen and oxygen atoms in total. The van der Waals surface area contributed by atoms with Gasteiger partial charge in [-0.25, -0.2) is 0 Å². The van der Waals surface area contributed by atoms with E-state index in [0.29, 0.717) is 6.54 Å². The van der Waals surface area contributed by atoms with E-state index in [1.807, 2.05) is 13.8 Å². The first-order valence-corrected chi connectivity index (χ1v) is 9.20. The lowest BCUT2D eigenvalue weighted by molar-refractivity contribution is -0.138. The molecule has 3 N–H and O–H groups in total. The van der Waals surface area contributed by atoms with Crippen molar-refractivity contribution in [3.8, 4) is 0 Å². The number of carbonyl (C=O) groups excluding carboxylic acids is 4. The molecule has 0 saturated carbocycles. The number of amides is 3.